The lowest BCUT2D eigenvalue weighted by Gasteiger charge is -2.22. The fourth-order valence-corrected chi connectivity index (χ4v) is 2.47. The van der Waals surface area contributed by atoms with Crippen LogP contribution in [0.4, 0.5) is 5.13 Å². The van der Waals surface area contributed by atoms with E-state index < -0.39 is 0 Å². The lowest BCUT2D eigenvalue weighted by molar-refractivity contribution is 0.0904. The topological polar surface area (TPSA) is 57.9 Å². The van der Waals surface area contributed by atoms with Gasteiger partial charge in [-0.2, -0.15) is 5.26 Å². The molecule has 80 valence electrons. The van der Waals surface area contributed by atoms with Crippen LogP contribution in [0.2, 0.25) is 5.15 Å². The maximum absolute atomic E-state index is 8.73. The van der Waals surface area contributed by atoms with Gasteiger partial charge in [0.1, 0.15) is 10.9 Å². The molecule has 0 aromatic carbocycles. The SMILES string of the molecule is N#Cc1sc(NC2CCOCC2)nc1Cl. The number of rotatable bonds is 2. The molecule has 1 aliphatic heterocycles. The van der Waals surface area contributed by atoms with Crippen molar-refractivity contribution < 1.29 is 4.74 Å². The number of ether oxygens (including phenoxy) is 1. The molecule has 0 radical (unpaired) electrons. The summed E-state index contributed by atoms with van der Waals surface area (Å²) in [6, 6.07) is 2.39. The number of nitrogens with zero attached hydrogens (tertiary/aromatic N) is 2. The Balaban J connectivity index is 2.01. The molecule has 15 heavy (non-hydrogen) atoms. The maximum Gasteiger partial charge on any atom is 0.185 e. The number of thiazole rings is 1. The van der Waals surface area contributed by atoms with Crippen LogP contribution in [-0.2, 0) is 4.74 Å². The van der Waals surface area contributed by atoms with Crippen molar-refractivity contribution in [3.63, 3.8) is 0 Å². The largest absolute Gasteiger partial charge is 0.381 e. The zero-order chi connectivity index (χ0) is 10.7. The van der Waals surface area contributed by atoms with E-state index in [-0.39, 0.29) is 5.15 Å². The van der Waals surface area contributed by atoms with Crippen LogP contribution in [0, 0.1) is 11.3 Å². The summed E-state index contributed by atoms with van der Waals surface area (Å²) >= 11 is 7.07. The second kappa shape index (κ2) is 4.79. The molecule has 1 aromatic heterocycles. The summed E-state index contributed by atoms with van der Waals surface area (Å²) in [6.45, 7) is 1.56. The van der Waals surface area contributed by atoms with Crippen molar-refractivity contribution in [3.05, 3.63) is 10.0 Å². The van der Waals surface area contributed by atoms with Gasteiger partial charge < -0.3 is 10.1 Å². The van der Waals surface area contributed by atoms with Gasteiger partial charge in [-0.3, -0.25) is 0 Å². The summed E-state index contributed by atoms with van der Waals surface area (Å²) in [6.07, 6.45) is 1.94. The van der Waals surface area contributed by atoms with Gasteiger partial charge in [-0.15, -0.1) is 0 Å². The standard InChI is InChI=1S/C9H10ClN3OS/c10-8-7(5-11)15-9(13-8)12-6-1-3-14-4-2-6/h6H,1-4H2,(H,12,13). The van der Waals surface area contributed by atoms with E-state index in [0.29, 0.717) is 10.9 Å². The molecule has 1 fully saturated rings. The Morgan fingerprint density at radius 2 is 2.27 bits per heavy atom. The number of nitrogens with one attached hydrogen (secondary N) is 1. The highest BCUT2D eigenvalue weighted by atomic mass is 35.5. The summed E-state index contributed by atoms with van der Waals surface area (Å²) in [5.41, 5.74) is 0. The van der Waals surface area contributed by atoms with Gasteiger partial charge in [-0.1, -0.05) is 22.9 Å². The van der Waals surface area contributed by atoms with Crippen LogP contribution >= 0.6 is 22.9 Å². The Morgan fingerprint density at radius 3 is 2.87 bits per heavy atom. The number of aromatic nitrogens is 1. The summed E-state index contributed by atoms with van der Waals surface area (Å²) in [4.78, 5) is 4.55. The normalized spacial score (nSPS) is 17.3. The van der Waals surface area contributed by atoms with E-state index in [1.165, 1.54) is 11.3 Å². The summed E-state index contributed by atoms with van der Waals surface area (Å²) < 4.78 is 5.25. The van der Waals surface area contributed by atoms with Crippen molar-refractivity contribution in [2.75, 3.05) is 18.5 Å². The van der Waals surface area contributed by atoms with Crippen molar-refractivity contribution in [3.8, 4) is 6.07 Å². The van der Waals surface area contributed by atoms with Crippen molar-refractivity contribution in [2.45, 2.75) is 18.9 Å². The highest BCUT2D eigenvalue weighted by Gasteiger charge is 2.16. The van der Waals surface area contributed by atoms with Crippen molar-refractivity contribution in [1.82, 2.24) is 4.98 Å². The molecule has 1 saturated heterocycles. The summed E-state index contributed by atoms with van der Waals surface area (Å²) in [5, 5.41) is 13.0. The third kappa shape index (κ3) is 2.59. The molecule has 0 bridgehead atoms. The predicted octanol–water partition coefficient (Wildman–Crippen LogP) is 2.26. The maximum atomic E-state index is 8.73. The van der Waals surface area contributed by atoms with Gasteiger partial charge in [0.2, 0.25) is 0 Å². The second-order valence-corrected chi connectivity index (χ2v) is 4.64. The molecule has 6 heteroatoms. The van der Waals surface area contributed by atoms with Crippen molar-refractivity contribution >= 4 is 28.1 Å². The van der Waals surface area contributed by atoms with Gasteiger partial charge >= 0.3 is 0 Å². The van der Waals surface area contributed by atoms with Crippen LogP contribution in [0.1, 0.15) is 17.7 Å². The molecule has 1 aromatic rings. The lowest BCUT2D eigenvalue weighted by atomic mass is 10.1. The number of halogens is 1. The van der Waals surface area contributed by atoms with Gasteiger partial charge in [0.05, 0.1) is 0 Å². The Bertz CT molecular complexity index is 381. The van der Waals surface area contributed by atoms with Gasteiger partial charge in [-0.25, -0.2) is 4.98 Å². The molecule has 0 unspecified atom stereocenters. The van der Waals surface area contributed by atoms with E-state index in [0.717, 1.165) is 31.2 Å². The van der Waals surface area contributed by atoms with Crippen LogP contribution in [0.15, 0.2) is 0 Å². The molecule has 0 amide bonds. The van der Waals surface area contributed by atoms with Crippen LogP contribution in [-0.4, -0.2) is 24.2 Å². The average molecular weight is 244 g/mol. The Morgan fingerprint density at radius 1 is 1.53 bits per heavy atom. The molecule has 0 spiro atoms. The average Bonchev–Trinajstić information content (AvgIpc) is 2.60. The Kier molecular flexibility index (Phi) is 3.41. The van der Waals surface area contributed by atoms with Crippen LogP contribution < -0.4 is 5.32 Å². The third-order valence-electron chi connectivity index (χ3n) is 2.24. The van der Waals surface area contributed by atoms with E-state index in [1.54, 1.807) is 0 Å². The smallest absolute Gasteiger partial charge is 0.185 e. The number of anilines is 1. The van der Waals surface area contributed by atoms with Crippen LogP contribution in [0.5, 0.6) is 0 Å². The molecule has 2 heterocycles. The third-order valence-corrected chi connectivity index (χ3v) is 3.51. The fraction of sp³-hybridized carbons (Fsp3) is 0.556. The highest BCUT2D eigenvalue weighted by molar-refractivity contribution is 7.16. The molecular weight excluding hydrogens is 234 g/mol. The number of hydrogen-bond acceptors (Lipinski definition) is 5. The summed E-state index contributed by atoms with van der Waals surface area (Å²) in [5.74, 6) is 0. The molecule has 1 aliphatic rings. The first-order chi connectivity index (χ1) is 7.29. The second-order valence-electron chi connectivity index (χ2n) is 3.28. The zero-order valence-electron chi connectivity index (χ0n) is 7.99. The van der Waals surface area contributed by atoms with Crippen molar-refractivity contribution in [2.24, 2.45) is 0 Å². The number of hydrogen-bond donors (Lipinski definition) is 1. The first kappa shape index (κ1) is 10.7. The zero-order valence-corrected chi connectivity index (χ0v) is 9.57. The van der Waals surface area contributed by atoms with E-state index in [2.05, 4.69) is 10.3 Å². The summed E-state index contributed by atoms with van der Waals surface area (Å²) in [7, 11) is 0. The molecule has 4 nitrogen and oxygen atoms in total. The quantitative estimate of drug-likeness (QED) is 0.866. The van der Waals surface area contributed by atoms with Gasteiger partial charge in [0, 0.05) is 19.3 Å². The molecule has 0 atom stereocenters. The first-order valence-corrected chi connectivity index (χ1v) is 5.90. The molecular formula is C9H10ClN3OS. The van der Waals surface area contributed by atoms with Crippen molar-refractivity contribution in [1.29, 1.82) is 5.26 Å². The molecule has 2 rings (SSSR count). The Labute approximate surface area is 96.8 Å². The minimum atomic E-state index is 0.289. The Hall–Kier alpha value is -0.830. The predicted molar refractivity (Wildman–Crippen MR) is 59.3 cm³/mol. The van der Waals surface area contributed by atoms with Crippen LogP contribution in [0.25, 0.3) is 0 Å². The number of nitriles is 1. The molecule has 0 saturated carbocycles. The van der Waals surface area contributed by atoms with Gasteiger partial charge in [0.25, 0.3) is 0 Å². The van der Waals surface area contributed by atoms with E-state index >= 15 is 0 Å². The van der Waals surface area contributed by atoms with Gasteiger partial charge in [0.15, 0.2) is 10.3 Å². The molecule has 0 aliphatic carbocycles. The van der Waals surface area contributed by atoms with E-state index in [9.17, 15) is 0 Å². The highest BCUT2D eigenvalue weighted by Crippen LogP contribution is 2.27. The van der Waals surface area contributed by atoms with E-state index in [1.807, 2.05) is 6.07 Å². The van der Waals surface area contributed by atoms with Gasteiger partial charge in [-0.05, 0) is 12.8 Å². The lowest BCUT2D eigenvalue weighted by Crippen LogP contribution is -2.27. The first-order valence-electron chi connectivity index (χ1n) is 4.70. The van der Waals surface area contributed by atoms with Crippen LogP contribution in [0.3, 0.4) is 0 Å². The monoisotopic (exact) mass is 243 g/mol. The fourth-order valence-electron chi connectivity index (χ4n) is 1.45. The minimum Gasteiger partial charge on any atom is -0.381 e. The molecule has 1 N–H and O–H groups in total. The minimum absolute atomic E-state index is 0.289. The van der Waals surface area contributed by atoms with E-state index in [4.69, 9.17) is 21.6 Å².